The second-order valence-electron chi connectivity index (χ2n) is 2.52. The van der Waals surface area contributed by atoms with E-state index in [9.17, 15) is 0 Å². The minimum absolute atomic E-state index is 0. The Morgan fingerprint density at radius 2 is 1.75 bits per heavy atom. The van der Waals surface area contributed by atoms with Gasteiger partial charge in [0, 0.05) is 13.2 Å². The molecule has 1 rings (SSSR count). The molecule has 0 amide bonds. The molecule has 1 aliphatic heterocycles. The van der Waals surface area contributed by atoms with Crippen LogP contribution < -0.4 is 12.4 Å². The fourth-order valence-corrected chi connectivity index (χ4v) is 0.799. The van der Waals surface area contributed by atoms with E-state index in [0.29, 0.717) is 0 Å². The Labute approximate surface area is 99.2 Å². The predicted molar refractivity (Wildman–Crippen MR) is 50.7 cm³/mol. The average Bonchev–Trinajstić information content (AvgIpc) is 2.44. The first-order chi connectivity index (χ1) is 4.91. The van der Waals surface area contributed by atoms with Crippen LogP contribution in [0.4, 0.5) is 0 Å². The Kier molecular flexibility index (Phi) is 28.0. The van der Waals surface area contributed by atoms with Crippen LogP contribution in [0.5, 0.6) is 0 Å². The molecule has 0 N–H and O–H groups in total. The molecule has 1 heterocycles. The number of halogens is 1. The van der Waals surface area contributed by atoms with Crippen molar-refractivity contribution in [2.45, 2.75) is 39.5 Å². The molecule has 3 heteroatoms. The van der Waals surface area contributed by atoms with Crippen LogP contribution in [-0.2, 0) is 4.74 Å². The zero-order valence-electron chi connectivity index (χ0n) is 8.31. The molecule has 0 atom stereocenters. The van der Waals surface area contributed by atoms with Gasteiger partial charge < -0.3 is 23.6 Å². The summed E-state index contributed by atoms with van der Waals surface area (Å²) in [6, 6.07) is 0. The summed E-state index contributed by atoms with van der Waals surface area (Å²) >= 11 is 0. The van der Waals surface area contributed by atoms with Crippen LogP contribution in [0.15, 0.2) is 0 Å². The van der Waals surface area contributed by atoms with Gasteiger partial charge in [0.15, 0.2) is 0 Å². The van der Waals surface area contributed by atoms with E-state index in [0.717, 1.165) is 13.2 Å². The van der Waals surface area contributed by atoms with Gasteiger partial charge >= 0.3 is 23.1 Å². The maximum absolute atomic E-state index is 4.94. The van der Waals surface area contributed by atoms with Crippen LogP contribution in [0.3, 0.4) is 0 Å². The van der Waals surface area contributed by atoms with Gasteiger partial charge in [0.2, 0.25) is 0 Å². The number of hydrogen-bond acceptors (Lipinski definition) is 1. The third kappa shape index (κ3) is 17.2. The first-order valence-electron chi connectivity index (χ1n) is 4.27. The second-order valence-corrected chi connectivity index (χ2v) is 2.52. The molecule has 1 saturated heterocycles. The van der Waals surface area contributed by atoms with Crippen molar-refractivity contribution < 1.29 is 17.1 Å². The Hall–Kier alpha value is 1.02. The van der Waals surface area contributed by atoms with Crippen LogP contribution >= 0.6 is 0 Å². The molecule has 0 spiro atoms. The van der Waals surface area contributed by atoms with Gasteiger partial charge in [0.1, 0.15) is 0 Å². The van der Waals surface area contributed by atoms with E-state index in [-0.39, 0.29) is 35.5 Å². The van der Waals surface area contributed by atoms with E-state index in [1.165, 1.54) is 25.7 Å². The van der Waals surface area contributed by atoms with E-state index in [4.69, 9.17) is 4.74 Å². The molecular formula is C9H19ClMgO. The smallest absolute Gasteiger partial charge is 1.00 e. The molecule has 0 aromatic carbocycles. The largest absolute Gasteiger partial charge is 2.00 e. The average molecular weight is 203 g/mol. The van der Waals surface area contributed by atoms with E-state index in [1.54, 1.807) is 0 Å². The summed E-state index contributed by atoms with van der Waals surface area (Å²) < 4.78 is 4.94. The fraction of sp³-hybridized carbons (Fsp3) is 0.889. The molecule has 0 aromatic heterocycles. The van der Waals surface area contributed by atoms with Gasteiger partial charge in [-0.3, -0.25) is 0 Å². The maximum atomic E-state index is 4.94. The van der Waals surface area contributed by atoms with Crippen LogP contribution in [0, 0.1) is 6.42 Å². The van der Waals surface area contributed by atoms with Crippen molar-refractivity contribution in [1.29, 1.82) is 0 Å². The summed E-state index contributed by atoms with van der Waals surface area (Å²) in [5.74, 6) is 0. The van der Waals surface area contributed by atoms with Gasteiger partial charge in [-0.05, 0) is 12.8 Å². The van der Waals surface area contributed by atoms with E-state index >= 15 is 0 Å². The summed E-state index contributed by atoms with van der Waals surface area (Å²) in [7, 11) is 0. The molecule has 12 heavy (non-hydrogen) atoms. The number of hydrogen-bond donors (Lipinski definition) is 0. The van der Waals surface area contributed by atoms with E-state index < -0.39 is 0 Å². The Morgan fingerprint density at radius 3 is 1.83 bits per heavy atom. The number of ether oxygens (including phenoxy) is 1. The van der Waals surface area contributed by atoms with Gasteiger partial charge in [-0.15, -0.1) is 0 Å². The fourth-order valence-electron chi connectivity index (χ4n) is 0.799. The summed E-state index contributed by atoms with van der Waals surface area (Å²) in [4.78, 5) is 0. The van der Waals surface area contributed by atoms with Gasteiger partial charge in [0.25, 0.3) is 0 Å². The molecule has 0 saturated carbocycles. The molecule has 0 aliphatic carbocycles. The third-order valence-corrected chi connectivity index (χ3v) is 1.40. The topological polar surface area (TPSA) is 9.23 Å². The molecule has 0 aromatic rings. The summed E-state index contributed by atoms with van der Waals surface area (Å²) in [5.41, 5.74) is 0. The quantitative estimate of drug-likeness (QED) is 0.431. The third-order valence-electron chi connectivity index (χ3n) is 1.40. The number of unbranched alkanes of at least 4 members (excludes halogenated alkanes) is 2. The van der Waals surface area contributed by atoms with Crippen molar-refractivity contribution in [2.75, 3.05) is 13.2 Å². The van der Waals surface area contributed by atoms with Crippen molar-refractivity contribution >= 4 is 23.1 Å². The molecule has 0 radical (unpaired) electrons. The predicted octanol–water partition coefficient (Wildman–Crippen LogP) is -0.569. The van der Waals surface area contributed by atoms with Gasteiger partial charge in [-0.25, -0.2) is 0 Å². The standard InChI is InChI=1S/C5H11.C4H8O.ClH.Mg/c1-3-5-4-2;1-2-4-5-3-1;;/h3H,4-5H2,1-2H3;1-4H2;1H;/q-1;;;+2/p-1. The summed E-state index contributed by atoms with van der Waals surface area (Å²) in [6.07, 6.45) is 7.29. The van der Waals surface area contributed by atoms with Crippen LogP contribution in [0.25, 0.3) is 0 Å². The minimum Gasteiger partial charge on any atom is -1.00 e. The molecule has 1 fully saturated rings. The minimum atomic E-state index is 0. The zero-order chi connectivity index (χ0) is 7.66. The van der Waals surface area contributed by atoms with E-state index in [2.05, 4.69) is 20.3 Å². The van der Waals surface area contributed by atoms with Gasteiger partial charge in [-0.1, -0.05) is 13.3 Å². The SMILES string of the molecule is C1CCOC1.C[CH-]CCC.[Cl-].[Mg+2]. The summed E-state index contributed by atoms with van der Waals surface area (Å²) in [6.45, 7) is 6.27. The number of rotatable bonds is 2. The molecule has 1 aliphatic rings. The van der Waals surface area contributed by atoms with Gasteiger partial charge in [-0.2, -0.15) is 13.3 Å². The monoisotopic (exact) mass is 202 g/mol. The Bertz CT molecular complexity index is 48.9. The van der Waals surface area contributed by atoms with Crippen molar-refractivity contribution in [3.05, 3.63) is 6.42 Å². The Morgan fingerprint density at radius 1 is 1.25 bits per heavy atom. The van der Waals surface area contributed by atoms with Crippen LogP contribution in [0.2, 0.25) is 0 Å². The first-order valence-corrected chi connectivity index (χ1v) is 4.27. The molecule has 70 valence electrons. The van der Waals surface area contributed by atoms with Crippen molar-refractivity contribution in [2.24, 2.45) is 0 Å². The Balaban J connectivity index is -0.000000116. The molecule has 0 bridgehead atoms. The zero-order valence-corrected chi connectivity index (χ0v) is 10.5. The van der Waals surface area contributed by atoms with Gasteiger partial charge in [0.05, 0.1) is 0 Å². The van der Waals surface area contributed by atoms with Crippen molar-refractivity contribution in [1.82, 2.24) is 0 Å². The summed E-state index contributed by atoms with van der Waals surface area (Å²) in [5, 5.41) is 0. The molecule has 1 nitrogen and oxygen atoms in total. The molecule has 0 unspecified atom stereocenters. The second kappa shape index (κ2) is 17.9. The normalized spacial score (nSPS) is 13.5. The van der Waals surface area contributed by atoms with Crippen LogP contribution in [-0.4, -0.2) is 36.3 Å². The first kappa shape index (κ1) is 18.7. The maximum Gasteiger partial charge on any atom is 2.00 e. The van der Waals surface area contributed by atoms with Crippen molar-refractivity contribution in [3.8, 4) is 0 Å². The molecular weight excluding hydrogens is 184 g/mol. The van der Waals surface area contributed by atoms with Crippen molar-refractivity contribution in [3.63, 3.8) is 0 Å². The van der Waals surface area contributed by atoms with Crippen LogP contribution in [0.1, 0.15) is 39.5 Å². The van der Waals surface area contributed by atoms with E-state index in [1.807, 2.05) is 0 Å².